The summed E-state index contributed by atoms with van der Waals surface area (Å²) in [6, 6.07) is 6.07. The van der Waals surface area contributed by atoms with E-state index in [-0.39, 0.29) is 5.91 Å². The summed E-state index contributed by atoms with van der Waals surface area (Å²) in [6.07, 6.45) is 3.04. The summed E-state index contributed by atoms with van der Waals surface area (Å²) < 4.78 is 5.74. The van der Waals surface area contributed by atoms with Gasteiger partial charge in [-0.25, -0.2) is 0 Å². The third-order valence-electron chi connectivity index (χ3n) is 4.34. The van der Waals surface area contributed by atoms with Crippen molar-refractivity contribution in [2.75, 3.05) is 25.0 Å². The summed E-state index contributed by atoms with van der Waals surface area (Å²) in [4.78, 5) is 12.2. The SMILES string of the molecule is Cc1ccc(C)c(OCCC(=O)Nc2cn[nH]c2C2CCNC2)c1. The molecule has 1 aliphatic heterocycles. The average Bonchev–Trinajstić information content (AvgIpc) is 3.21. The van der Waals surface area contributed by atoms with E-state index < -0.39 is 0 Å². The van der Waals surface area contributed by atoms with E-state index in [4.69, 9.17) is 4.74 Å². The van der Waals surface area contributed by atoms with Gasteiger partial charge >= 0.3 is 0 Å². The number of hydrogen-bond acceptors (Lipinski definition) is 4. The van der Waals surface area contributed by atoms with Gasteiger partial charge in [0.2, 0.25) is 5.91 Å². The second-order valence-electron chi connectivity index (χ2n) is 6.30. The minimum Gasteiger partial charge on any atom is -0.493 e. The van der Waals surface area contributed by atoms with Gasteiger partial charge in [0.1, 0.15) is 5.75 Å². The van der Waals surface area contributed by atoms with Crippen LogP contribution in [0.2, 0.25) is 0 Å². The van der Waals surface area contributed by atoms with Crippen LogP contribution in [0.3, 0.4) is 0 Å². The van der Waals surface area contributed by atoms with Gasteiger partial charge in [-0.15, -0.1) is 0 Å². The Balaban J connectivity index is 1.51. The van der Waals surface area contributed by atoms with Gasteiger partial charge in [0.05, 0.1) is 30.6 Å². The fourth-order valence-electron chi connectivity index (χ4n) is 2.94. The highest BCUT2D eigenvalue weighted by atomic mass is 16.5. The molecule has 0 spiro atoms. The van der Waals surface area contributed by atoms with Gasteiger partial charge in [-0.1, -0.05) is 12.1 Å². The molecule has 0 aliphatic carbocycles. The Morgan fingerprint density at radius 3 is 3.08 bits per heavy atom. The van der Waals surface area contributed by atoms with Crippen molar-refractivity contribution in [2.45, 2.75) is 32.6 Å². The molecule has 24 heavy (non-hydrogen) atoms. The van der Waals surface area contributed by atoms with Gasteiger partial charge in [0.25, 0.3) is 0 Å². The van der Waals surface area contributed by atoms with Crippen molar-refractivity contribution in [2.24, 2.45) is 0 Å². The highest BCUT2D eigenvalue weighted by Gasteiger charge is 2.22. The summed E-state index contributed by atoms with van der Waals surface area (Å²) in [5.41, 5.74) is 4.00. The van der Waals surface area contributed by atoms with E-state index in [1.54, 1.807) is 6.20 Å². The van der Waals surface area contributed by atoms with E-state index in [9.17, 15) is 4.79 Å². The minimum absolute atomic E-state index is 0.0612. The van der Waals surface area contributed by atoms with Crippen molar-refractivity contribution in [1.29, 1.82) is 0 Å². The maximum absolute atomic E-state index is 12.2. The zero-order valence-electron chi connectivity index (χ0n) is 14.2. The number of aryl methyl sites for hydroxylation is 2. The predicted octanol–water partition coefficient (Wildman–Crippen LogP) is 2.51. The van der Waals surface area contributed by atoms with Crippen molar-refractivity contribution in [1.82, 2.24) is 15.5 Å². The van der Waals surface area contributed by atoms with Crippen LogP contribution in [0, 0.1) is 13.8 Å². The fourth-order valence-corrected chi connectivity index (χ4v) is 2.94. The molecule has 6 nitrogen and oxygen atoms in total. The number of anilines is 1. The largest absolute Gasteiger partial charge is 0.493 e. The van der Waals surface area contributed by atoms with Gasteiger partial charge in [-0.05, 0) is 44.0 Å². The molecule has 1 unspecified atom stereocenters. The van der Waals surface area contributed by atoms with E-state index in [1.165, 1.54) is 0 Å². The number of amides is 1. The maximum atomic E-state index is 12.2. The number of aromatic amines is 1. The molecular formula is C18H24N4O2. The van der Waals surface area contributed by atoms with Gasteiger partial charge in [-0.3, -0.25) is 9.89 Å². The van der Waals surface area contributed by atoms with Crippen molar-refractivity contribution in [3.8, 4) is 5.75 Å². The minimum atomic E-state index is -0.0612. The molecule has 0 radical (unpaired) electrons. The van der Waals surface area contributed by atoms with E-state index in [0.717, 1.165) is 47.8 Å². The normalized spacial score (nSPS) is 17.0. The quantitative estimate of drug-likeness (QED) is 0.761. The Labute approximate surface area is 142 Å². The number of carbonyl (C=O) groups excluding carboxylic acids is 1. The predicted molar refractivity (Wildman–Crippen MR) is 93.5 cm³/mol. The highest BCUT2D eigenvalue weighted by Crippen LogP contribution is 2.27. The topological polar surface area (TPSA) is 79.0 Å². The van der Waals surface area contributed by atoms with Crippen LogP contribution in [-0.2, 0) is 4.79 Å². The van der Waals surface area contributed by atoms with Crippen LogP contribution in [0.15, 0.2) is 24.4 Å². The molecule has 2 heterocycles. The van der Waals surface area contributed by atoms with Crippen LogP contribution >= 0.6 is 0 Å². The van der Waals surface area contributed by atoms with Crippen LogP contribution < -0.4 is 15.4 Å². The molecule has 3 rings (SSSR count). The van der Waals surface area contributed by atoms with Crippen molar-refractivity contribution < 1.29 is 9.53 Å². The molecular weight excluding hydrogens is 304 g/mol. The molecule has 0 saturated carbocycles. The number of aromatic nitrogens is 2. The molecule has 1 amide bonds. The maximum Gasteiger partial charge on any atom is 0.227 e. The van der Waals surface area contributed by atoms with Crippen LogP contribution in [0.5, 0.6) is 5.75 Å². The number of nitrogens with one attached hydrogen (secondary N) is 3. The first-order valence-corrected chi connectivity index (χ1v) is 8.37. The van der Waals surface area contributed by atoms with Gasteiger partial charge < -0.3 is 15.4 Å². The van der Waals surface area contributed by atoms with Crippen LogP contribution in [-0.4, -0.2) is 35.8 Å². The fraction of sp³-hybridized carbons (Fsp3) is 0.444. The standard InChI is InChI=1S/C18H24N4O2/c1-12-3-4-13(2)16(9-12)24-8-6-17(23)21-15-11-20-22-18(15)14-5-7-19-10-14/h3-4,9,11,14,19H,5-8,10H2,1-2H3,(H,20,22)(H,21,23). The van der Waals surface area contributed by atoms with Crippen LogP contribution in [0.4, 0.5) is 5.69 Å². The van der Waals surface area contributed by atoms with E-state index in [1.807, 2.05) is 32.0 Å². The third-order valence-corrected chi connectivity index (χ3v) is 4.34. The van der Waals surface area contributed by atoms with Crippen LogP contribution in [0.25, 0.3) is 0 Å². The molecule has 1 aliphatic rings. The number of H-pyrrole nitrogens is 1. The van der Waals surface area contributed by atoms with Crippen molar-refractivity contribution >= 4 is 11.6 Å². The summed E-state index contributed by atoms with van der Waals surface area (Å²) >= 11 is 0. The molecule has 128 valence electrons. The first-order chi connectivity index (χ1) is 11.6. The molecule has 1 fully saturated rings. The smallest absolute Gasteiger partial charge is 0.227 e. The van der Waals surface area contributed by atoms with Gasteiger partial charge in [0, 0.05) is 12.5 Å². The lowest BCUT2D eigenvalue weighted by Gasteiger charge is -2.12. The summed E-state index contributed by atoms with van der Waals surface area (Å²) in [5, 5.41) is 13.3. The summed E-state index contributed by atoms with van der Waals surface area (Å²) in [6.45, 7) is 6.30. The Morgan fingerprint density at radius 1 is 1.42 bits per heavy atom. The zero-order valence-corrected chi connectivity index (χ0v) is 14.2. The Kier molecular flexibility index (Phi) is 5.15. The molecule has 3 N–H and O–H groups in total. The van der Waals surface area contributed by atoms with Gasteiger partial charge in [0.15, 0.2) is 0 Å². The van der Waals surface area contributed by atoms with Crippen molar-refractivity contribution in [3.05, 3.63) is 41.2 Å². The lowest BCUT2D eigenvalue weighted by Crippen LogP contribution is -2.17. The molecule has 2 aromatic rings. The summed E-state index contributed by atoms with van der Waals surface area (Å²) in [7, 11) is 0. The number of rotatable bonds is 6. The first kappa shape index (κ1) is 16.5. The van der Waals surface area contributed by atoms with E-state index in [2.05, 4.69) is 20.8 Å². The van der Waals surface area contributed by atoms with E-state index in [0.29, 0.717) is 18.9 Å². The van der Waals surface area contributed by atoms with Gasteiger partial charge in [-0.2, -0.15) is 5.10 Å². The number of hydrogen-bond donors (Lipinski definition) is 3. The third kappa shape index (κ3) is 3.94. The highest BCUT2D eigenvalue weighted by molar-refractivity contribution is 5.91. The average molecular weight is 328 g/mol. The number of nitrogens with zero attached hydrogens (tertiary/aromatic N) is 1. The molecule has 1 saturated heterocycles. The Bertz CT molecular complexity index is 705. The summed E-state index contributed by atoms with van der Waals surface area (Å²) in [5.74, 6) is 1.16. The monoisotopic (exact) mass is 328 g/mol. The Morgan fingerprint density at radius 2 is 2.29 bits per heavy atom. The molecule has 0 bridgehead atoms. The number of carbonyl (C=O) groups is 1. The lowest BCUT2D eigenvalue weighted by atomic mass is 10.0. The molecule has 1 aromatic carbocycles. The van der Waals surface area contributed by atoms with Crippen molar-refractivity contribution in [3.63, 3.8) is 0 Å². The second-order valence-corrected chi connectivity index (χ2v) is 6.30. The lowest BCUT2D eigenvalue weighted by molar-refractivity contribution is -0.116. The zero-order chi connectivity index (χ0) is 16.9. The van der Waals surface area contributed by atoms with E-state index >= 15 is 0 Å². The van der Waals surface area contributed by atoms with Crippen LogP contribution in [0.1, 0.15) is 35.6 Å². The number of ether oxygens (including phenoxy) is 1. The molecule has 6 heteroatoms. The Hall–Kier alpha value is -2.34. The second kappa shape index (κ2) is 7.49. The first-order valence-electron chi connectivity index (χ1n) is 8.37. The molecule has 1 aromatic heterocycles. The molecule has 1 atom stereocenters. The number of benzene rings is 1.